The summed E-state index contributed by atoms with van der Waals surface area (Å²) in [6.45, 7) is 0.696. The zero-order valence-corrected chi connectivity index (χ0v) is 7.12. The van der Waals surface area contributed by atoms with Gasteiger partial charge in [-0.25, -0.2) is 4.79 Å². The number of furan rings is 1. The van der Waals surface area contributed by atoms with Crippen LogP contribution < -0.4 is 5.32 Å². The van der Waals surface area contributed by atoms with Crippen LogP contribution in [0.3, 0.4) is 0 Å². The lowest BCUT2D eigenvalue weighted by molar-refractivity contribution is 0.0662. The molecular weight excluding hydrogens is 170 g/mol. The maximum atomic E-state index is 10.5. The van der Waals surface area contributed by atoms with Crippen molar-refractivity contribution in [1.29, 1.82) is 0 Å². The van der Waals surface area contributed by atoms with Crippen molar-refractivity contribution >= 4 is 5.97 Å². The summed E-state index contributed by atoms with van der Waals surface area (Å²) < 4.78 is 4.84. The van der Waals surface area contributed by atoms with Gasteiger partial charge in [-0.1, -0.05) is 0 Å². The SMILES string of the molecule is O=C(O)c1cc(CNC2CC2)co1. The number of hydrogen-bond acceptors (Lipinski definition) is 3. The zero-order chi connectivity index (χ0) is 9.26. The molecule has 0 aromatic carbocycles. The largest absolute Gasteiger partial charge is 0.475 e. The van der Waals surface area contributed by atoms with Crippen molar-refractivity contribution in [2.75, 3.05) is 0 Å². The maximum absolute atomic E-state index is 10.5. The summed E-state index contributed by atoms with van der Waals surface area (Å²) in [6.07, 6.45) is 3.94. The van der Waals surface area contributed by atoms with Gasteiger partial charge in [-0.2, -0.15) is 0 Å². The van der Waals surface area contributed by atoms with Crippen LogP contribution in [0.25, 0.3) is 0 Å². The van der Waals surface area contributed by atoms with Crippen molar-refractivity contribution in [2.45, 2.75) is 25.4 Å². The van der Waals surface area contributed by atoms with E-state index in [9.17, 15) is 4.79 Å². The van der Waals surface area contributed by atoms with Gasteiger partial charge in [0.1, 0.15) is 0 Å². The average Bonchev–Trinajstić information content (AvgIpc) is 2.79. The minimum Gasteiger partial charge on any atom is -0.475 e. The van der Waals surface area contributed by atoms with E-state index in [0.717, 1.165) is 5.56 Å². The highest BCUT2D eigenvalue weighted by Crippen LogP contribution is 2.19. The fraction of sp³-hybridized carbons (Fsp3) is 0.444. The second-order valence-electron chi connectivity index (χ2n) is 3.28. The highest BCUT2D eigenvalue weighted by atomic mass is 16.4. The number of carboxylic acids is 1. The van der Waals surface area contributed by atoms with E-state index >= 15 is 0 Å². The van der Waals surface area contributed by atoms with Crippen molar-refractivity contribution in [3.8, 4) is 0 Å². The maximum Gasteiger partial charge on any atom is 0.371 e. The van der Waals surface area contributed by atoms with Gasteiger partial charge in [0, 0.05) is 18.2 Å². The predicted octanol–water partition coefficient (Wildman–Crippen LogP) is 1.23. The molecule has 2 N–H and O–H groups in total. The van der Waals surface area contributed by atoms with Gasteiger partial charge >= 0.3 is 5.97 Å². The first-order valence-electron chi connectivity index (χ1n) is 4.30. The van der Waals surface area contributed by atoms with Crippen LogP contribution in [-0.4, -0.2) is 17.1 Å². The first-order valence-corrected chi connectivity index (χ1v) is 4.30. The molecule has 1 heterocycles. The molecule has 1 aromatic rings. The molecule has 2 rings (SSSR count). The van der Waals surface area contributed by atoms with E-state index in [1.54, 1.807) is 6.07 Å². The smallest absolute Gasteiger partial charge is 0.371 e. The molecule has 1 aliphatic carbocycles. The van der Waals surface area contributed by atoms with Gasteiger partial charge in [-0.3, -0.25) is 0 Å². The molecule has 4 nitrogen and oxygen atoms in total. The van der Waals surface area contributed by atoms with Crippen LogP contribution in [0.15, 0.2) is 16.7 Å². The summed E-state index contributed by atoms with van der Waals surface area (Å²) in [7, 11) is 0. The third-order valence-electron chi connectivity index (χ3n) is 2.04. The highest BCUT2D eigenvalue weighted by Gasteiger charge is 2.20. The molecule has 0 spiro atoms. The number of aromatic carboxylic acids is 1. The van der Waals surface area contributed by atoms with Gasteiger partial charge in [-0.05, 0) is 18.9 Å². The van der Waals surface area contributed by atoms with Gasteiger partial charge in [0.2, 0.25) is 5.76 Å². The number of carboxylic acid groups (broad SMARTS) is 1. The standard InChI is InChI=1S/C9H11NO3/c11-9(12)8-3-6(5-13-8)4-10-7-1-2-7/h3,5,7,10H,1-2,4H2,(H,11,12). The lowest BCUT2D eigenvalue weighted by Crippen LogP contribution is -2.14. The molecular formula is C9H11NO3. The summed E-state index contributed by atoms with van der Waals surface area (Å²) in [6, 6.07) is 2.18. The number of hydrogen-bond donors (Lipinski definition) is 2. The number of carbonyl (C=O) groups is 1. The van der Waals surface area contributed by atoms with Gasteiger partial charge in [-0.15, -0.1) is 0 Å². The van der Waals surface area contributed by atoms with Crippen LogP contribution >= 0.6 is 0 Å². The van der Waals surface area contributed by atoms with Crippen LogP contribution in [0.1, 0.15) is 29.0 Å². The molecule has 0 unspecified atom stereocenters. The van der Waals surface area contributed by atoms with E-state index in [4.69, 9.17) is 9.52 Å². The predicted molar refractivity (Wildman–Crippen MR) is 45.5 cm³/mol. The molecule has 0 atom stereocenters. The Labute approximate surface area is 75.6 Å². The third kappa shape index (κ3) is 2.09. The molecule has 0 aliphatic heterocycles. The molecule has 1 aliphatic rings. The Kier molecular flexibility index (Phi) is 2.06. The van der Waals surface area contributed by atoms with Crippen LogP contribution in [0, 0.1) is 0 Å². The summed E-state index contributed by atoms with van der Waals surface area (Å²) >= 11 is 0. The first kappa shape index (κ1) is 8.31. The second kappa shape index (κ2) is 3.22. The van der Waals surface area contributed by atoms with E-state index < -0.39 is 5.97 Å². The lowest BCUT2D eigenvalue weighted by Gasteiger charge is -1.96. The van der Waals surface area contributed by atoms with Gasteiger partial charge in [0.25, 0.3) is 0 Å². The zero-order valence-electron chi connectivity index (χ0n) is 7.12. The fourth-order valence-corrected chi connectivity index (χ4v) is 1.13. The Morgan fingerprint density at radius 1 is 1.69 bits per heavy atom. The molecule has 13 heavy (non-hydrogen) atoms. The van der Waals surface area contributed by atoms with Crippen molar-refractivity contribution in [3.05, 3.63) is 23.7 Å². The molecule has 70 valence electrons. The Morgan fingerprint density at radius 2 is 2.46 bits per heavy atom. The summed E-state index contributed by atoms with van der Waals surface area (Å²) in [5.74, 6) is -1.01. The molecule has 1 aromatic heterocycles. The second-order valence-corrected chi connectivity index (χ2v) is 3.28. The minimum absolute atomic E-state index is 0.00703. The Balaban J connectivity index is 1.92. The Hall–Kier alpha value is -1.29. The third-order valence-corrected chi connectivity index (χ3v) is 2.04. The van der Waals surface area contributed by atoms with E-state index in [0.29, 0.717) is 12.6 Å². The van der Waals surface area contributed by atoms with E-state index in [1.165, 1.54) is 19.1 Å². The van der Waals surface area contributed by atoms with Crippen LogP contribution in [0.2, 0.25) is 0 Å². The topological polar surface area (TPSA) is 62.5 Å². The highest BCUT2D eigenvalue weighted by molar-refractivity contribution is 5.84. The first-order chi connectivity index (χ1) is 6.25. The Bertz CT molecular complexity index is 314. The Morgan fingerprint density at radius 3 is 3.00 bits per heavy atom. The summed E-state index contributed by atoms with van der Waals surface area (Å²) in [5.41, 5.74) is 0.893. The van der Waals surface area contributed by atoms with Crippen LogP contribution in [0.4, 0.5) is 0 Å². The summed E-state index contributed by atoms with van der Waals surface area (Å²) in [5, 5.41) is 11.8. The van der Waals surface area contributed by atoms with Gasteiger partial charge < -0.3 is 14.8 Å². The van der Waals surface area contributed by atoms with Gasteiger partial charge in [0.15, 0.2) is 0 Å². The van der Waals surface area contributed by atoms with Crippen molar-refractivity contribution in [2.24, 2.45) is 0 Å². The van der Waals surface area contributed by atoms with E-state index in [2.05, 4.69) is 5.32 Å². The average molecular weight is 181 g/mol. The molecule has 0 amide bonds. The normalized spacial score (nSPS) is 16.0. The molecule has 0 bridgehead atoms. The van der Waals surface area contributed by atoms with Crippen molar-refractivity contribution in [3.63, 3.8) is 0 Å². The molecule has 1 fully saturated rings. The molecule has 1 saturated carbocycles. The number of nitrogens with one attached hydrogen (secondary N) is 1. The molecule has 0 radical (unpaired) electrons. The van der Waals surface area contributed by atoms with Gasteiger partial charge in [0.05, 0.1) is 6.26 Å². The molecule has 0 saturated heterocycles. The lowest BCUT2D eigenvalue weighted by atomic mass is 10.3. The van der Waals surface area contributed by atoms with Crippen molar-refractivity contribution in [1.82, 2.24) is 5.32 Å². The van der Waals surface area contributed by atoms with Crippen molar-refractivity contribution < 1.29 is 14.3 Å². The van der Waals surface area contributed by atoms with E-state index in [-0.39, 0.29) is 5.76 Å². The van der Waals surface area contributed by atoms with E-state index in [1.807, 2.05) is 0 Å². The molecule has 4 heteroatoms. The fourth-order valence-electron chi connectivity index (χ4n) is 1.13. The monoisotopic (exact) mass is 181 g/mol. The quantitative estimate of drug-likeness (QED) is 0.733. The van der Waals surface area contributed by atoms with Crippen LogP contribution in [-0.2, 0) is 6.54 Å². The minimum atomic E-state index is -1.02. The number of rotatable bonds is 4. The van der Waals surface area contributed by atoms with Crippen LogP contribution in [0.5, 0.6) is 0 Å². The summed E-state index contributed by atoms with van der Waals surface area (Å²) in [4.78, 5) is 10.5.